The summed E-state index contributed by atoms with van der Waals surface area (Å²) in [7, 11) is 3.18. The molecule has 28 heavy (non-hydrogen) atoms. The first kappa shape index (κ1) is 18.8. The van der Waals surface area contributed by atoms with Crippen LogP contribution < -0.4 is 4.90 Å². The van der Waals surface area contributed by atoms with Crippen LogP contribution in [0, 0.1) is 15.5 Å². The number of nitro groups is 1. The standard InChI is InChI=1S/C19H22N4O4S/c1-18-8-4-5-9-22(18)14-7-6-13(23(26)27)10-12(14)11-19(18)15(24)20(2)17(28)21(3)16(19)25/h6-7,10H,4-5,8-9,11H2,1-3H3. The van der Waals surface area contributed by atoms with Crippen molar-refractivity contribution in [3.05, 3.63) is 33.9 Å². The Balaban J connectivity index is 1.98. The summed E-state index contributed by atoms with van der Waals surface area (Å²) in [5, 5.41) is 11.5. The fourth-order valence-corrected chi connectivity index (χ4v) is 5.36. The number of benzene rings is 1. The van der Waals surface area contributed by atoms with Gasteiger partial charge in [0.15, 0.2) is 10.5 Å². The molecule has 0 aromatic heterocycles. The Morgan fingerprint density at radius 2 is 1.79 bits per heavy atom. The first-order chi connectivity index (χ1) is 13.1. The highest BCUT2D eigenvalue weighted by Gasteiger charge is 2.68. The second-order valence-electron chi connectivity index (χ2n) is 8.05. The maximum Gasteiger partial charge on any atom is 0.269 e. The molecule has 0 bridgehead atoms. The second kappa shape index (κ2) is 5.97. The topological polar surface area (TPSA) is 87.0 Å². The molecule has 1 aromatic carbocycles. The number of amides is 2. The van der Waals surface area contributed by atoms with Crippen molar-refractivity contribution in [3.63, 3.8) is 0 Å². The van der Waals surface area contributed by atoms with Crippen LogP contribution in [0.25, 0.3) is 0 Å². The summed E-state index contributed by atoms with van der Waals surface area (Å²) >= 11 is 5.28. The van der Waals surface area contributed by atoms with Gasteiger partial charge in [-0.3, -0.25) is 29.5 Å². The SMILES string of the molecule is CN1C(=O)C2(Cc3cc([N+](=O)[O-])ccc3N3CCCCC32C)C(=O)N(C)C1=S. The molecule has 148 valence electrons. The van der Waals surface area contributed by atoms with Crippen LogP contribution in [0.3, 0.4) is 0 Å². The van der Waals surface area contributed by atoms with E-state index in [1.54, 1.807) is 20.2 Å². The van der Waals surface area contributed by atoms with E-state index in [9.17, 15) is 19.7 Å². The molecule has 0 aliphatic carbocycles. The van der Waals surface area contributed by atoms with Crippen LogP contribution in [0.4, 0.5) is 11.4 Å². The molecule has 3 aliphatic heterocycles. The zero-order valence-electron chi connectivity index (χ0n) is 16.1. The number of nitrogens with zero attached hydrogens (tertiary/aromatic N) is 4. The number of hydrogen-bond acceptors (Lipinski definition) is 6. The minimum absolute atomic E-state index is 0.0394. The maximum atomic E-state index is 13.6. The molecule has 2 amide bonds. The van der Waals surface area contributed by atoms with Crippen LogP contribution in [0.2, 0.25) is 0 Å². The van der Waals surface area contributed by atoms with E-state index in [1.807, 2.05) is 6.92 Å². The quantitative estimate of drug-likeness (QED) is 0.309. The molecule has 1 atom stereocenters. The molecule has 9 heteroatoms. The third-order valence-electron chi connectivity index (χ3n) is 6.74. The summed E-state index contributed by atoms with van der Waals surface area (Å²) in [4.78, 5) is 42.9. The van der Waals surface area contributed by atoms with Crippen molar-refractivity contribution >= 4 is 40.5 Å². The van der Waals surface area contributed by atoms with Crippen molar-refractivity contribution in [1.82, 2.24) is 9.80 Å². The molecule has 0 saturated carbocycles. The van der Waals surface area contributed by atoms with Gasteiger partial charge in [0.2, 0.25) is 11.8 Å². The number of rotatable bonds is 1. The Kier molecular flexibility index (Phi) is 4.01. The molecule has 1 aromatic rings. The molecular weight excluding hydrogens is 380 g/mol. The monoisotopic (exact) mass is 402 g/mol. The lowest BCUT2D eigenvalue weighted by molar-refractivity contribution is -0.384. The Hall–Kier alpha value is -2.55. The van der Waals surface area contributed by atoms with E-state index < -0.39 is 15.9 Å². The predicted molar refractivity (Wildman–Crippen MR) is 107 cm³/mol. The Labute approximate surface area is 168 Å². The lowest BCUT2D eigenvalue weighted by Crippen LogP contribution is -2.76. The van der Waals surface area contributed by atoms with Crippen LogP contribution in [0.1, 0.15) is 31.7 Å². The van der Waals surface area contributed by atoms with E-state index in [2.05, 4.69) is 4.90 Å². The number of non-ortho nitro benzene ring substituents is 1. The fourth-order valence-electron chi connectivity index (χ4n) is 5.19. The van der Waals surface area contributed by atoms with Crippen LogP contribution in [-0.2, 0) is 16.0 Å². The number of carbonyl (C=O) groups excluding carboxylic acids is 2. The van der Waals surface area contributed by atoms with Crippen molar-refractivity contribution in [2.45, 2.75) is 38.1 Å². The lowest BCUT2D eigenvalue weighted by atomic mass is 9.58. The van der Waals surface area contributed by atoms with Gasteiger partial charge in [0.05, 0.1) is 10.5 Å². The van der Waals surface area contributed by atoms with E-state index in [0.29, 0.717) is 18.5 Å². The number of fused-ring (bicyclic) bond motifs is 4. The molecule has 2 fully saturated rings. The van der Waals surface area contributed by atoms with E-state index in [4.69, 9.17) is 12.2 Å². The van der Waals surface area contributed by atoms with Gasteiger partial charge in [-0.15, -0.1) is 0 Å². The van der Waals surface area contributed by atoms with Crippen molar-refractivity contribution in [2.24, 2.45) is 5.41 Å². The molecule has 0 radical (unpaired) electrons. The van der Waals surface area contributed by atoms with Crippen LogP contribution in [0.15, 0.2) is 18.2 Å². The molecule has 2 saturated heterocycles. The summed E-state index contributed by atoms with van der Waals surface area (Å²) in [5.41, 5.74) is -0.590. The Morgan fingerprint density at radius 1 is 1.14 bits per heavy atom. The van der Waals surface area contributed by atoms with E-state index >= 15 is 0 Å². The smallest absolute Gasteiger partial charge is 0.269 e. The lowest BCUT2D eigenvalue weighted by Gasteiger charge is -2.61. The predicted octanol–water partition coefficient (Wildman–Crippen LogP) is 2.10. The average molecular weight is 402 g/mol. The Morgan fingerprint density at radius 3 is 2.39 bits per heavy atom. The molecule has 1 spiro atoms. The van der Waals surface area contributed by atoms with Crippen molar-refractivity contribution < 1.29 is 14.5 Å². The third-order valence-corrected chi connectivity index (χ3v) is 7.29. The molecule has 4 rings (SSSR count). The molecule has 0 N–H and O–H groups in total. The zero-order valence-corrected chi connectivity index (χ0v) is 16.9. The van der Waals surface area contributed by atoms with E-state index in [-0.39, 0.29) is 29.0 Å². The summed E-state index contributed by atoms with van der Waals surface area (Å²) in [5.74, 6) is -0.653. The fraction of sp³-hybridized carbons (Fsp3) is 0.526. The first-order valence-corrected chi connectivity index (χ1v) is 9.71. The molecule has 8 nitrogen and oxygen atoms in total. The van der Waals surface area contributed by atoms with Gasteiger partial charge in [0.25, 0.3) is 5.69 Å². The third kappa shape index (κ3) is 2.13. The summed E-state index contributed by atoms with van der Waals surface area (Å²) in [6.07, 6.45) is 2.67. The summed E-state index contributed by atoms with van der Waals surface area (Å²) in [6.45, 7) is 2.67. The van der Waals surface area contributed by atoms with Gasteiger partial charge in [-0.1, -0.05) is 0 Å². The molecule has 3 heterocycles. The van der Waals surface area contributed by atoms with Crippen LogP contribution in [0.5, 0.6) is 0 Å². The van der Waals surface area contributed by atoms with Gasteiger partial charge in [-0.25, -0.2) is 0 Å². The van der Waals surface area contributed by atoms with Gasteiger partial charge >= 0.3 is 0 Å². The average Bonchev–Trinajstić information content (AvgIpc) is 2.68. The highest BCUT2D eigenvalue weighted by molar-refractivity contribution is 7.80. The number of carbonyl (C=O) groups is 2. The van der Waals surface area contributed by atoms with Crippen molar-refractivity contribution in [2.75, 3.05) is 25.5 Å². The van der Waals surface area contributed by atoms with E-state index in [0.717, 1.165) is 18.5 Å². The number of anilines is 1. The zero-order chi connectivity index (χ0) is 20.4. The minimum atomic E-state index is -1.36. The largest absolute Gasteiger partial charge is 0.364 e. The van der Waals surface area contributed by atoms with Crippen LogP contribution in [-0.4, -0.2) is 57.8 Å². The maximum absolute atomic E-state index is 13.6. The van der Waals surface area contributed by atoms with Crippen molar-refractivity contribution in [3.8, 4) is 0 Å². The number of piperidine rings is 1. The van der Waals surface area contributed by atoms with Gasteiger partial charge in [-0.2, -0.15) is 0 Å². The van der Waals surface area contributed by atoms with Crippen molar-refractivity contribution in [1.29, 1.82) is 0 Å². The van der Waals surface area contributed by atoms with Gasteiger partial charge in [0.1, 0.15) is 0 Å². The summed E-state index contributed by atoms with van der Waals surface area (Å²) in [6, 6.07) is 4.74. The second-order valence-corrected chi connectivity index (χ2v) is 8.41. The highest BCUT2D eigenvalue weighted by Crippen LogP contribution is 2.55. The highest BCUT2D eigenvalue weighted by atomic mass is 32.1. The Bertz CT molecular complexity index is 909. The minimum Gasteiger partial charge on any atom is -0.364 e. The number of nitro benzene ring substituents is 1. The van der Waals surface area contributed by atoms with Crippen LogP contribution >= 0.6 is 12.2 Å². The molecular formula is C19H22N4O4S. The first-order valence-electron chi connectivity index (χ1n) is 9.30. The molecule has 3 aliphatic rings. The number of hydrogen-bond donors (Lipinski definition) is 0. The summed E-state index contributed by atoms with van der Waals surface area (Å²) < 4.78 is 0. The normalized spacial score (nSPS) is 26.4. The van der Waals surface area contributed by atoms with Gasteiger partial charge < -0.3 is 4.90 Å². The van der Waals surface area contributed by atoms with E-state index in [1.165, 1.54) is 21.9 Å². The van der Waals surface area contributed by atoms with Gasteiger partial charge in [-0.05, 0) is 50.0 Å². The number of thiocarbonyl (C=S) groups is 1. The molecule has 1 unspecified atom stereocenters. The van der Waals surface area contributed by atoms with Gasteiger partial charge in [0, 0.05) is 44.9 Å².